The van der Waals surface area contributed by atoms with Crippen molar-refractivity contribution in [2.24, 2.45) is 23.7 Å². The van der Waals surface area contributed by atoms with Crippen molar-refractivity contribution in [1.29, 1.82) is 0 Å². The van der Waals surface area contributed by atoms with Gasteiger partial charge in [0, 0.05) is 24.8 Å². The van der Waals surface area contributed by atoms with Gasteiger partial charge in [0.1, 0.15) is 17.5 Å². The van der Waals surface area contributed by atoms with E-state index in [-0.39, 0.29) is 22.9 Å². The Morgan fingerprint density at radius 1 is 1.10 bits per heavy atom. The average Bonchev–Trinajstić information content (AvgIpc) is 3.60. The van der Waals surface area contributed by atoms with Crippen molar-refractivity contribution in [2.75, 3.05) is 31.5 Å². The summed E-state index contributed by atoms with van der Waals surface area (Å²) in [5, 5.41) is 6.00. The van der Waals surface area contributed by atoms with Gasteiger partial charge >= 0.3 is 0 Å². The van der Waals surface area contributed by atoms with Gasteiger partial charge in [0.15, 0.2) is 0 Å². The molecule has 222 valence electrons. The van der Waals surface area contributed by atoms with Crippen LogP contribution in [0.15, 0.2) is 30.4 Å². The quantitative estimate of drug-likeness (QED) is 0.472. The van der Waals surface area contributed by atoms with E-state index in [1.165, 1.54) is 24.6 Å². The number of halogens is 2. The van der Waals surface area contributed by atoms with Gasteiger partial charge in [-0.1, -0.05) is 56.9 Å². The summed E-state index contributed by atoms with van der Waals surface area (Å²) >= 11 is 5.93. The second kappa shape index (κ2) is 11.3. The molecule has 0 radical (unpaired) electrons. The number of carbonyl (C=O) groups excluding carboxylic acids is 3. The lowest BCUT2D eigenvalue weighted by Gasteiger charge is -2.38. The highest BCUT2D eigenvalue weighted by atomic mass is 35.5. The monoisotopic (exact) mass is 586 g/mol. The van der Waals surface area contributed by atoms with Crippen LogP contribution >= 0.6 is 11.6 Å². The van der Waals surface area contributed by atoms with Crippen molar-refractivity contribution < 1.29 is 23.5 Å². The standard InChI is InChI=1S/C31H40ClFN4O4/c1-18-7-6-8-23(19(18)2)35-29(39)27-31-12-11-24(41-31)25(28(38)34-20-9-10-22(33)21(32)17-20)26(31)30(40)37(27)16-15-36-13-4-3-5-14-36/h9-12,17-19,23-27H,3-8,13-16H2,1-2H3,(H,34,38)(H,35,39)/t18?,19?,23?,24-,25?,26-,27?,31?/m0/s1. The lowest BCUT2D eigenvalue weighted by molar-refractivity contribution is -0.142. The number of hydrogen-bond acceptors (Lipinski definition) is 5. The van der Waals surface area contributed by atoms with E-state index in [2.05, 4.69) is 29.4 Å². The summed E-state index contributed by atoms with van der Waals surface area (Å²) in [7, 11) is 0. The number of likely N-dealkylation sites (tertiary alicyclic amines) is 2. The van der Waals surface area contributed by atoms with Crippen molar-refractivity contribution in [2.45, 2.75) is 76.2 Å². The van der Waals surface area contributed by atoms with Gasteiger partial charge in [-0.15, -0.1) is 0 Å². The maximum Gasteiger partial charge on any atom is 0.246 e. The number of rotatable bonds is 7. The maximum absolute atomic E-state index is 14.2. The summed E-state index contributed by atoms with van der Waals surface area (Å²) in [6.07, 6.45) is 9.61. The summed E-state index contributed by atoms with van der Waals surface area (Å²) in [5.74, 6) is -2.23. The molecule has 1 saturated carbocycles. The summed E-state index contributed by atoms with van der Waals surface area (Å²) in [4.78, 5) is 46.0. The van der Waals surface area contributed by atoms with Crippen LogP contribution in [-0.4, -0.2) is 77.5 Å². The number of anilines is 1. The third kappa shape index (κ3) is 5.08. The van der Waals surface area contributed by atoms with Gasteiger partial charge in [0.05, 0.1) is 23.0 Å². The van der Waals surface area contributed by atoms with Gasteiger partial charge in [-0.2, -0.15) is 0 Å². The number of piperidine rings is 1. The zero-order valence-electron chi connectivity index (χ0n) is 23.8. The molecule has 2 bridgehead atoms. The SMILES string of the molecule is CC1CCCC(NC(=O)C2N(CCN3CCCCC3)C(=O)[C@@H]3C(C(=O)Nc4ccc(F)c(Cl)c4)[C@@H]4C=CC23O4)C1C. The first-order valence-electron chi connectivity index (χ1n) is 15.2. The lowest BCUT2D eigenvalue weighted by atomic mass is 9.73. The van der Waals surface area contributed by atoms with Crippen molar-refractivity contribution >= 4 is 35.0 Å². The summed E-state index contributed by atoms with van der Waals surface area (Å²) in [5.41, 5.74) is -0.871. The molecule has 6 rings (SSSR count). The van der Waals surface area contributed by atoms with Crippen LogP contribution in [0.25, 0.3) is 0 Å². The van der Waals surface area contributed by atoms with Gasteiger partial charge in [-0.25, -0.2) is 4.39 Å². The van der Waals surface area contributed by atoms with E-state index < -0.39 is 41.3 Å². The molecule has 4 fully saturated rings. The highest BCUT2D eigenvalue weighted by Crippen LogP contribution is 2.55. The number of nitrogens with one attached hydrogen (secondary N) is 2. The van der Waals surface area contributed by atoms with Crippen molar-refractivity contribution in [1.82, 2.24) is 15.1 Å². The molecular weight excluding hydrogens is 547 g/mol. The minimum atomic E-state index is -1.21. The van der Waals surface area contributed by atoms with Gasteiger partial charge in [0.2, 0.25) is 17.7 Å². The molecule has 3 amide bonds. The van der Waals surface area contributed by atoms with E-state index in [0.717, 1.165) is 45.2 Å². The molecule has 4 heterocycles. The zero-order valence-corrected chi connectivity index (χ0v) is 24.5. The van der Waals surface area contributed by atoms with E-state index in [1.54, 1.807) is 4.90 Å². The van der Waals surface area contributed by atoms with Crippen LogP contribution in [0.1, 0.15) is 52.4 Å². The Labute approximate surface area is 246 Å². The van der Waals surface area contributed by atoms with Crippen molar-refractivity contribution in [3.8, 4) is 0 Å². The number of benzene rings is 1. The lowest BCUT2D eigenvalue weighted by Crippen LogP contribution is -2.58. The Morgan fingerprint density at radius 2 is 1.88 bits per heavy atom. The number of nitrogens with zero attached hydrogens (tertiary/aromatic N) is 2. The van der Waals surface area contributed by atoms with Crippen molar-refractivity contribution in [3.05, 3.63) is 41.2 Å². The van der Waals surface area contributed by atoms with Crippen LogP contribution in [0, 0.1) is 29.5 Å². The van der Waals surface area contributed by atoms with Gasteiger partial charge in [0.25, 0.3) is 0 Å². The van der Waals surface area contributed by atoms with Crippen LogP contribution in [0.2, 0.25) is 5.02 Å². The normalized spacial score (nSPS) is 36.4. The smallest absolute Gasteiger partial charge is 0.246 e. The highest BCUT2D eigenvalue weighted by molar-refractivity contribution is 6.31. The molecule has 8 atom stereocenters. The number of fused-ring (bicyclic) bond motifs is 1. The Balaban J connectivity index is 1.27. The third-order valence-corrected chi connectivity index (χ3v) is 10.5. The van der Waals surface area contributed by atoms with Gasteiger partial charge in [-0.05, 0) is 62.4 Å². The fourth-order valence-electron chi connectivity index (χ4n) is 7.79. The van der Waals surface area contributed by atoms with Crippen LogP contribution < -0.4 is 10.6 Å². The van der Waals surface area contributed by atoms with Gasteiger partial charge in [-0.3, -0.25) is 14.4 Å². The van der Waals surface area contributed by atoms with Crippen LogP contribution in [0.3, 0.4) is 0 Å². The van der Waals surface area contributed by atoms with Gasteiger partial charge < -0.3 is 25.2 Å². The van der Waals surface area contributed by atoms with E-state index in [9.17, 15) is 18.8 Å². The van der Waals surface area contributed by atoms with Crippen molar-refractivity contribution in [3.63, 3.8) is 0 Å². The number of ether oxygens (including phenoxy) is 1. The fourth-order valence-corrected chi connectivity index (χ4v) is 7.97. The minimum absolute atomic E-state index is 0.0330. The maximum atomic E-state index is 14.2. The molecule has 1 aromatic carbocycles. The van der Waals surface area contributed by atoms with E-state index >= 15 is 0 Å². The molecule has 1 spiro atoms. The van der Waals surface area contributed by atoms with E-state index in [1.807, 2.05) is 12.2 Å². The Morgan fingerprint density at radius 3 is 2.63 bits per heavy atom. The first kappa shape index (κ1) is 28.6. The average molecular weight is 587 g/mol. The molecule has 1 aromatic rings. The highest BCUT2D eigenvalue weighted by Gasteiger charge is 2.72. The molecule has 5 aliphatic rings. The Kier molecular flexibility index (Phi) is 7.89. The predicted octanol–water partition coefficient (Wildman–Crippen LogP) is 4.00. The number of amides is 3. The minimum Gasteiger partial charge on any atom is -0.359 e. The molecule has 8 nitrogen and oxygen atoms in total. The number of hydrogen-bond donors (Lipinski definition) is 2. The molecule has 1 aliphatic carbocycles. The Hall–Kier alpha value is -2.49. The molecule has 4 aliphatic heterocycles. The second-order valence-corrected chi connectivity index (χ2v) is 13.0. The molecule has 3 saturated heterocycles. The van der Waals surface area contributed by atoms with Crippen LogP contribution in [-0.2, 0) is 19.1 Å². The predicted molar refractivity (Wildman–Crippen MR) is 154 cm³/mol. The largest absolute Gasteiger partial charge is 0.359 e. The molecule has 2 N–H and O–H groups in total. The summed E-state index contributed by atoms with van der Waals surface area (Å²) in [6.45, 7) is 7.44. The summed E-state index contributed by atoms with van der Waals surface area (Å²) in [6, 6.07) is 3.15. The first-order valence-corrected chi connectivity index (χ1v) is 15.5. The van der Waals surface area contributed by atoms with Crippen LogP contribution in [0.5, 0.6) is 0 Å². The molecular formula is C31H40ClFN4O4. The second-order valence-electron chi connectivity index (χ2n) is 12.6. The Bertz CT molecular complexity index is 1240. The number of carbonyl (C=O) groups is 3. The first-order chi connectivity index (χ1) is 19.7. The summed E-state index contributed by atoms with van der Waals surface area (Å²) < 4.78 is 20.2. The molecule has 10 heteroatoms. The molecule has 41 heavy (non-hydrogen) atoms. The zero-order chi connectivity index (χ0) is 28.9. The fraction of sp³-hybridized carbons (Fsp3) is 0.645. The molecule has 0 aromatic heterocycles. The van der Waals surface area contributed by atoms with E-state index in [4.69, 9.17) is 16.3 Å². The molecule has 6 unspecified atom stereocenters. The van der Waals surface area contributed by atoms with Crippen LogP contribution in [0.4, 0.5) is 10.1 Å². The van der Waals surface area contributed by atoms with E-state index in [0.29, 0.717) is 30.6 Å². The topological polar surface area (TPSA) is 91.0 Å². The third-order valence-electron chi connectivity index (χ3n) is 10.3.